The minimum atomic E-state index is -4.54. The molecule has 1 saturated heterocycles. The molecule has 62 heavy (non-hydrogen) atoms. The Labute approximate surface area is 362 Å². The van der Waals surface area contributed by atoms with Crippen molar-refractivity contribution in [2.75, 3.05) is 32.1 Å². The first-order valence-corrected chi connectivity index (χ1v) is 23.5. The first kappa shape index (κ1) is 41.8. The lowest BCUT2D eigenvalue weighted by Crippen LogP contribution is -2.36. The number of hydrogen-bond acceptors (Lipinski definition) is 10. The fraction of sp³-hybridized carbons (Fsp3) is 0.417. The maximum Gasteiger partial charge on any atom is 0.293 e. The second-order valence-corrected chi connectivity index (χ2v) is 19.1. The second kappa shape index (κ2) is 18.0. The number of sulfonamides is 1. The molecule has 2 unspecified atom stereocenters. The SMILES string of the molecule is COCC1CCC(CNc2ccc(S(=O)(=O)NC(=O)c3ccc(C4=CCC(N5CCCC5c5ccccc5C5CC5)CC4)cc3Oc3cnc4[nH]ccc4c3)cc2[N+](=O)[O-])CC1. The number of ether oxygens (including phenoxy) is 2. The molecule has 3 aromatic carbocycles. The molecule has 0 radical (unpaired) electrons. The summed E-state index contributed by atoms with van der Waals surface area (Å²) in [5, 5.41) is 16.2. The van der Waals surface area contributed by atoms with Crippen molar-refractivity contribution in [1.82, 2.24) is 19.6 Å². The van der Waals surface area contributed by atoms with Crippen molar-refractivity contribution in [1.29, 1.82) is 0 Å². The Balaban J connectivity index is 0.931. The maximum atomic E-state index is 14.0. The number of amides is 1. The van der Waals surface area contributed by atoms with Crippen molar-refractivity contribution in [2.24, 2.45) is 11.8 Å². The number of nitro benzene ring substituents is 1. The van der Waals surface area contributed by atoms with Crippen LogP contribution in [0.3, 0.4) is 0 Å². The van der Waals surface area contributed by atoms with Gasteiger partial charge < -0.3 is 19.8 Å². The molecule has 1 amide bonds. The van der Waals surface area contributed by atoms with Gasteiger partial charge in [-0.15, -0.1) is 0 Å². The summed E-state index contributed by atoms with van der Waals surface area (Å²) in [5.74, 6) is 1.16. The summed E-state index contributed by atoms with van der Waals surface area (Å²) in [4.78, 5) is 35.4. The number of allylic oxidation sites excluding steroid dienone is 1. The Morgan fingerprint density at radius 2 is 1.76 bits per heavy atom. The van der Waals surface area contributed by atoms with Gasteiger partial charge in [-0.2, -0.15) is 0 Å². The molecule has 2 atom stereocenters. The Bertz CT molecular complexity index is 2600. The van der Waals surface area contributed by atoms with Crippen molar-refractivity contribution >= 4 is 43.9 Å². The summed E-state index contributed by atoms with van der Waals surface area (Å²) < 4.78 is 41.3. The number of benzene rings is 3. The number of anilines is 1. The molecule has 3 N–H and O–H groups in total. The fourth-order valence-electron chi connectivity index (χ4n) is 9.93. The molecule has 0 spiro atoms. The summed E-state index contributed by atoms with van der Waals surface area (Å²) >= 11 is 0. The van der Waals surface area contributed by atoms with Gasteiger partial charge >= 0.3 is 0 Å². The van der Waals surface area contributed by atoms with Crippen LogP contribution in [-0.2, 0) is 14.8 Å². The van der Waals surface area contributed by atoms with Gasteiger partial charge in [-0.05, 0) is 154 Å². The van der Waals surface area contributed by atoms with E-state index in [9.17, 15) is 23.3 Å². The number of aromatic nitrogens is 2. The third kappa shape index (κ3) is 9.13. The molecular weight excluding hydrogens is 805 g/mol. The molecular formula is C48H54N6O7S. The molecule has 14 heteroatoms. The molecule has 3 aliphatic carbocycles. The standard InChI is InChI=1S/C48H54N6O7S/c1-60-30-32-10-8-31(9-11-32)28-50-43-21-19-39(27-45(43)54(56)57)62(58,59)52-48(55)42-20-16-35(26-46(42)61-38-25-36-22-23-49-47(36)51-29-38)33-14-17-37(18-15-33)53-24-4-7-44(53)41-6-3-2-5-40(41)34-12-13-34/h2-3,5-6,14,16,19-23,25-27,29,31-32,34,37,44,50H,4,7-13,15,17-18,24,28,30H2,1H3,(H,49,51)(H,52,55). The minimum Gasteiger partial charge on any atom is -0.455 e. The number of fused-ring (bicyclic) bond motifs is 1. The molecule has 324 valence electrons. The predicted molar refractivity (Wildman–Crippen MR) is 239 cm³/mol. The van der Waals surface area contributed by atoms with Crippen LogP contribution >= 0.6 is 0 Å². The van der Waals surface area contributed by atoms with E-state index in [4.69, 9.17) is 9.47 Å². The van der Waals surface area contributed by atoms with Crippen molar-refractivity contribution in [3.63, 3.8) is 0 Å². The van der Waals surface area contributed by atoms with Crippen LogP contribution in [0.2, 0.25) is 0 Å². The molecule has 13 nitrogen and oxygen atoms in total. The number of methoxy groups -OCH3 is 1. The number of aromatic amines is 1. The van der Waals surface area contributed by atoms with Crippen LogP contribution in [0.1, 0.15) is 110 Å². The average Bonchev–Trinajstić information content (AvgIpc) is 3.82. The highest BCUT2D eigenvalue weighted by molar-refractivity contribution is 7.90. The predicted octanol–water partition coefficient (Wildman–Crippen LogP) is 9.90. The fourth-order valence-corrected chi connectivity index (χ4v) is 10.9. The monoisotopic (exact) mass is 858 g/mol. The van der Waals surface area contributed by atoms with E-state index >= 15 is 0 Å². The molecule has 5 aromatic rings. The van der Waals surface area contributed by atoms with Gasteiger partial charge in [0.05, 0.1) is 21.6 Å². The van der Waals surface area contributed by atoms with E-state index in [-0.39, 0.29) is 22.7 Å². The van der Waals surface area contributed by atoms with E-state index in [1.165, 1.54) is 48.9 Å². The molecule has 2 aromatic heterocycles. The van der Waals surface area contributed by atoms with E-state index in [2.05, 4.69) is 55.2 Å². The number of nitro groups is 1. The summed E-state index contributed by atoms with van der Waals surface area (Å²) in [6, 6.07) is 22.4. The number of H-pyrrole nitrogens is 1. The van der Waals surface area contributed by atoms with E-state index in [1.54, 1.807) is 37.7 Å². The zero-order chi connectivity index (χ0) is 42.8. The maximum absolute atomic E-state index is 14.0. The largest absolute Gasteiger partial charge is 0.455 e. The van der Waals surface area contributed by atoms with Crippen molar-refractivity contribution in [3.8, 4) is 11.5 Å². The van der Waals surface area contributed by atoms with Gasteiger partial charge in [0.2, 0.25) is 0 Å². The number of carbonyl (C=O) groups excluding carboxylic acids is 1. The number of nitrogens with zero attached hydrogens (tertiary/aromatic N) is 3. The highest BCUT2D eigenvalue weighted by Gasteiger charge is 2.36. The van der Waals surface area contributed by atoms with Gasteiger partial charge in [0.1, 0.15) is 22.8 Å². The average molecular weight is 859 g/mol. The second-order valence-electron chi connectivity index (χ2n) is 17.4. The van der Waals surface area contributed by atoms with Gasteiger partial charge in [0.15, 0.2) is 0 Å². The number of carbonyl (C=O) groups is 1. The van der Waals surface area contributed by atoms with Crippen LogP contribution < -0.4 is 14.8 Å². The highest BCUT2D eigenvalue weighted by Crippen LogP contribution is 2.47. The summed E-state index contributed by atoms with van der Waals surface area (Å²) in [6.07, 6.45) is 17.3. The molecule has 9 rings (SSSR count). The molecule has 1 aliphatic heterocycles. The van der Waals surface area contributed by atoms with Crippen LogP contribution in [0.25, 0.3) is 16.6 Å². The lowest BCUT2D eigenvalue weighted by atomic mass is 9.82. The number of hydrogen-bond donors (Lipinski definition) is 3. The van der Waals surface area contributed by atoms with Gasteiger partial charge in [-0.25, -0.2) is 18.1 Å². The quantitative estimate of drug-likeness (QED) is 0.0681. The first-order chi connectivity index (χ1) is 30.1. The zero-order valence-electron chi connectivity index (χ0n) is 35.1. The van der Waals surface area contributed by atoms with E-state index in [0.29, 0.717) is 47.8 Å². The van der Waals surface area contributed by atoms with Crippen LogP contribution in [-0.4, -0.2) is 67.0 Å². The van der Waals surface area contributed by atoms with Crippen LogP contribution in [0.4, 0.5) is 11.4 Å². The van der Waals surface area contributed by atoms with Gasteiger partial charge in [0, 0.05) is 50.0 Å². The van der Waals surface area contributed by atoms with Crippen LogP contribution in [0, 0.1) is 22.0 Å². The summed E-state index contributed by atoms with van der Waals surface area (Å²) in [5.41, 5.74) is 5.55. The molecule has 3 fully saturated rings. The van der Waals surface area contributed by atoms with E-state index < -0.39 is 25.7 Å². The van der Waals surface area contributed by atoms with Crippen molar-refractivity contribution < 1.29 is 27.6 Å². The van der Waals surface area contributed by atoms with Gasteiger partial charge in [-0.1, -0.05) is 36.4 Å². The number of pyridine rings is 1. The van der Waals surface area contributed by atoms with Gasteiger partial charge in [-0.3, -0.25) is 19.8 Å². The topological polar surface area (TPSA) is 169 Å². The Morgan fingerprint density at radius 3 is 2.52 bits per heavy atom. The Hall–Kier alpha value is -5.57. The van der Waals surface area contributed by atoms with Crippen LogP contribution in [0.5, 0.6) is 11.5 Å². The van der Waals surface area contributed by atoms with Crippen LogP contribution in [0.15, 0.2) is 96.2 Å². The lowest BCUT2D eigenvalue weighted by molar-refractivity contribution is -0.384. The highest BCUT2D eigenvalue weighted by atomic mass is 32.2. The van der Waals surface area contributed by atoms with E-state index in [0.717, 1.165) is 80.7 Å². The lowest BCUT2D eigenvalue weighted by Gasteiger charge is -2.36. The van der Waals surface area contributed by atoms with Gasteiger partial charge in [0.25, 0.3) is 21.6 Å². The number of nitrogens with one attached hydrogen (secondary N) is 3. The number of rotatable bonds is 15. The van der Waals surface area contributed by atoms with Crippen molar-refractivity contribution in [3.05, 3.63) is 124 Å². The molecule has 2 saturated carbocycles. The smallest absolute Gasteiger partial charge is 0.293 e. The normalized spacial score (nSPS) is 22.0. The van der Waals surface area contributed by atoms with Crippen molar-refractivity contribution in [2.45, 2.75) is 93.5 Å². The molecule has 3 heterocycles. The third-order valence-electron chi connectivity index (χ3n) is 13.4. The number of likely N-dealkylation sites (tertiary alicyclic amines) is 1. The summed E-state index contributed by atoms with van der Waals surface area (Å²) in [6.45, 7) is 2.35. The third-order valence-corrected chi connectivity index (χ3v) is 14.7. The molecule has 4 aliphatic rings. The molecule has 0 bridgehead atoms. The summed E-state index contributed by atoms with van der Waals surface area (Å²) in [7, 11) is -2.84. The Morgan fingerprint density at radius 1 is 0.952 bits per heavy atom. The first-order valence-electron chi connectivity index (χ1n) is 22.0. The zero-order valence-corrected chi connectivity index (χ0v) is 35.9. The van der Waals surface area contributed by atoms with E-state index in [1.807, 2.05) is 12.1 Å². The minimum absolute atomic E-state index is 0.0111. The Kier molecular flexibility index (Phi) is 12.1.